The summed E-state index contributed by atoms with van der Waals surface area (Å²) in [6.07, 6.45) is 2.81. The normalized spacial score (nSPS) is 29.2. The maximum absolute atomic E-state index is 12.1. The Hall–Kier alpha value is -0.620. The van der Waals surface area contributed by atoms with E-state index in [4.69, 9.17) is 0 Å². The number of nitrogens with one attached hydrogen (secondary N) is 1. The molecule has 0 amide bonds. The fourth-order valence-electron chi connectivity index (χ4n) is 2.61. The minimum Gasteiger partial charge on any atom is -0.481 e. The summed E-state index contributed by atoms with van der Waals surface area (Å²) in [6.45, 7) is 7.19. The van der Waals surface area contributed by atoms with Gasteiger partial charge in [0.2, 0.25) is 10.0 Å². The summed E-state index contributed by atoms with van der Waals surface area (Å²) in [5.41, 5.74) is -1.34. The van der Waals surface area contributed by atoms with Crippen LogP contribution in [0.5, 0.6) is 0 Å². The summed E-state index contributed by atoms with van der Waals surface area (Å²) in [4.78, 5) is 11.4. The van der Waals surface area contributed by atoms with E-state index in [-0.39, 0.29) is 11.2 Å². The summed E-state index contributed by atoms with van der Waals surface area (Å²) < 4.78 is 26.9. The molecule has 6 heteroatoms. The van der Waals surface area contributed by atoms with Crippen molar-refractivity contribution in [2.45, 2.75) is 59.4 Å². The van der Waals surface area contributed by atoms with Crippen LogP contribution >= 0.6 is 0 Å². The molecular weight excluding hydrogens is 266 g/mol. The number of carboxylic acids is 1. The van der Waals surface area contributed by atoms with E-state index in [0.717, 1.165) is 12.8 Å². The molecule has 2 unspecified atom stereocenters. The largest absolute Gasteiger partial charge is 0.481 e. The van der Waals surface area contributed by atoms with E-state index in [1.807, 2.05) is 20.8 Å². The minimum atomic E-state index is -3.46. The van der Waals surface area contributed by atoms with Gasteiger partial charge in [0.05, 0.1) is 11.2 Å². The third-order valence-electron chi connectivity index (χ3n) is 3.64. The molecule has 0 saturated heterocycles. The van der Waals surface area contributed by atoms with Crippen LogP contribution in [0.2, 0.25) is 0 Å². The van der Waals surface area contributed by atoms with Gasteiger partial charge in [0.1, 0.15) is 0 Å². The number of hydrogen-bond acceptors (Lipinski definition) is 3. The lowest BCUT2D eigenvalue weighted by Gasteiger charge is -2.38. The predicted octanol–water partition coefficient (Wildman–Crippen LogP) is 1.99. The molecule has 1 rings (SSSR count). The fraction of sp³-hybridized carbons (Fsp3) is 0.923. The van der Waals surface area contributed by atoms with Crippen LogP contribution in [-0.4, -0.2) is 31.3 Å². The molecule has 0 heterocycles. The Morgan fingerprint density at radius 2 is 1.95 bits per heavy atom. The molecule has 1 fully saturated rings. The van der Waals surface area contributed by atoms with Crippen molar-refractivity contribution in [1.29, 1.82) is 0 Å². The second-order valence-electron chi connectivity index (χ2n) is 6.96. The van der Waals surface area contributed by atoms with Crippen molar-refractivity contribution in [1.82, 2.24) is 4.72 Å². The number of sulfonamides is 1. The third kappa shape index (κ3) is 4.45. The van der Waals surface area contributed by atoms with Crippen molar-refractivity contribution in [2.75, 3.05) is 5.75 Å². The van der Waals surface area contributed by atoms with Crippen molar-refractivity contribution in [2.24, 2.45) is 10.8 Å². The molecule has 0 bridgehead atoms. The van der Waals surface area contributed by atoms with E-state index in [2.05, 4.69) is 4.72 Å². The summed E-state index contributed by atoms with van der Waals surface area (Å²) in [5, 5.41) is 9.36. The molecule has 0 aromatic heterocycles. The number of rotatable bonds is 4. The van der Waals surface area contributed by atoms with E-state index in [1.165, 1.54) is 0 Å². The fourth-order valence-corrected chi connectivity index (χ4v) is 4.64. The van der Waals surface area contributed by atoms with Gasteiger partial charge in [-0.2, -0.15) is 0 Å². The van der Waals surface area contributed by atoms with E-state index in [1.54, 1.807) is 6.92 Å². The summed E-state index contributed by atoms with van der Waals surface area (Å²) in [6, 6.07) is -0.508. The average Bonchev–Trinajstić information content (AvgIpc) is 2.17. The van der Waals surface area contributed by atoms with E-state index >= 15 is 0 Å². The van der Waals surface area contributed by atoms with E-state index in [0.29, 0.717) is 12.8 Å². The molecule has 0 spiro atoms. The van der Waals surface area contributed by atoms with Gasteiger partial charge in [-0.1, -0.05) is 33.6 Å². The van der Waals surface area contributed by atoms with Crippen LogP contribution in [0.1, 0.15) is 53.4 Å². The third-order valence-corrected chi connectivity index (χ3v) is 5.53. The zero-order chi connectivity index (χ0) is 14.9. The van der Waals surface area contributed by atoms with Gasteiger partial charge >= 0.3 is 5.97 Å². The molecule has 19 heavy (non-hydrogen) atoms. The highest BCUT2D eigenvalue weighted by atomic mass is 32.2. The Labute approximate surface area is 115 Å². The van der Waals surface area contributed by atoms with Gasteiger partial charge in [-0.25, -0.2) is 13.1 Å². The monoisotopic (exact) mass is 291 g/mol. The molecule has 1 aliphatic rings. The molecule has 1 saturated carbocycles. The SMILES string of the molecule is CC(C)(C)CS(=O)(=O)NC1CCCCC1(C)C(=O)O. The van der Waals surface area contributed by atoms with Gasteiger partial charge in [0, 0.05) is 6.04 Å². The highest BCUT2D eigenvalue weighted by molar-refractivity contribution is 7.89. The first-order valence-electron chi connectivity index (χ1n) is 6.70. The van der Waals surface area contributed by atoms with Crippen LogP contribution in [0.25, 0.3) is 0 Å². The Balaban J connectivity index is 2.87. The first kappa shape index (κ1) is 16.4. The second-order valence-corrected chi connectivity index (χ2v) is 8.71. The lowest BCUT2D eigenvalue weighted by Crippen LogP contribution is -2.53. The molecule has 112 valence electrons. The second kappa shape index (κ2) is 5.40. The minimum absolute atomic E-state index is 0.00615. The zero-order valence-electron chi connectivity index (χ0n) is 12.2. The lowest BCUT2D eigenvalue weighted by molar-refractivity contribution is -0.151. The molecule has 2 N–H and O–H groups in total. The maximum Gasteiger partial charge on any atom is 0.310 e. The van der Waals surface area contributed by atoms with Crippen LogP contribution in [0, 0.1) is 10.8 Å². The Morgan fingerprint density at radius 1 is 1.37 bits per heavy atom. The molecule has 1 aliphatic carbocycles. The molecule has 0 aromatic carbocycles. The van der Waals surface area contributed by atoms with Gasteiger partial charge < -0.3 is 5.11 Å². The highest BCUT2D eigenvalue weighted by Gasteiger charge is 2.45. The predicted molar refractivity (Wildman–Crippen MR) is 74.4 cm³/mol. The van der Waals surface area contributed by atoms with Crippen molar-refractivity contribution < 1.29 is 18.3 Å². The number of carboxylic acid groups (broad SMARTS) is 1. The van der Waals surface area contributed by atoms with Gasteiger partial charge in [0.25, 0.3) is 0 Å². The standard InChI is InChI=1S/C13H25NO4S/c1-12(2,3)9-19(17,18)14-10-7-5-6-8-13(10,4)11(15)16/h10,14H,5-9H2,1-4H3,(H,15,16). The van der Waals surface area contributed by atoms with Gasteiger partial charge in [0.15, 0.2) is 0 Å². The van der Waals surface area contributed by atoms with E-state index < -0.39 is 27.4 Å². The van der Waals surface area contributed by atoms with Crippen LogP contribution in [0.3, 0.4) is 0 Å². The van der Waals surface area contributed by atoms with Crippen LogP contribution in [0.15, 0.2) is 0 Å². The van der Waals surface area contributed by atoms with Crippen molar-refractivity contribution in [3.63, 3.8) is 0 Å². The van der Waals surface area contributed by atoms with Gasteiger partial charge in [-0.3, -0.25) is 4.79 Å². The Kier molecular flexibility index (Phi) is 4.67. The van der Waals surface area contributed by atoms with Crippen molar-refractivity contribution >= 4 is 16.0 Å². The highest BCUT2D eigenvalue weighted by Crippen LogP contribution is 2.37. The van der Waals surface area contributed by atoms with Crippen molar-refractivity contribution in [3.05, 3.63) is 0 Å². The molecule has 2 atom stereocenters. The first-order chi connectivity index (χ1) is 8.46. The molecule has 0 radical (unpaired) electrons. The van der Waals surface area contributed by atoms with E-state index in [9.17, 15) is 18.3 Å². The summed E-state index contributed by atoms with van der Waals surface area (Å²) >= 11 is 0. The maximum atomic E-state index is 12.1. The summed E-state index contributed by atoms with van der Waals surface area (Å²) in [7, 11) is -3.46. The van der Waals surface area contributed by atoms with Crippen LogP contribution < -0.4 is 4.72 Å². The van der Waals surface area contributed by atoms with Gasteiger partial charge in [-0.15, -0.1) is 0 Å². The van der Waals surface area contributed by atoms with Crippen LogP contribution in [0.4, 0.5) is 0 Å². The first-order valence-corrected chi connectivity index (χ1v) is 8.35. The number of hydrogen-bond donors (Lipinski definition) is 2. The molecular formula is C13H25NO4S. The average molecular weight is 291 g/mol. The Bertz CT molecular complexity index is 438. The molecule has 5 nitrogen and oxygen atoms in total. The van der Waals surface area contributed by atoms with Crippen LogP contribution in [-0.2, 0) is 14.8 Å². The lowest BCUT2D eigenvalue weighted by atomic mass is 9.72. The molecule has 0 aromatic rings. The molecule has 0 aliphatic heterocycles. The number of carbonyl (C=O) groups is 1. The quantitative estimate of drug-likeness (QED) is 0.829. The summed E-state index contributed by atoms with van der Waals surface area (Å²) in [5.74, 6) is -0.915. The zero-order valence-corrected chi connectivity index (χ0v) is 13.0. The number of aliphatic carboxylic acids is 1. The van der Waals surface area contributed by atoms with Crippen molar-refractivity contribution in [3.8, 4) is 0 Å². The smallest absolute Gasteiger partial charge is 0.310 e. The topological polar surface area (TPSA) is 83.5 Å². The van der Waals surface area contributed by atoms with Gasteiger partial charge in [-0.05, 0) is 25.2 Å². The Morgan fingerprint density at radius 3 is 2.42 bits per heavy atom.